The highest BCUT2D eigenvalue weighted by molar-refractivity contribution is 5.90. The van der Waals surface area contributed by atoms with Gasteiger partial charge in [0, 0.05) is 12.1 Å². The van der Waals surface area contributed by atoms with Crippen LogP contribution < -0.4 is 10.6 Å². The molecule has 1 aliphatic carbocycles. The highest BCUT2D eigenvalue weighted by Gasteiger charge is 2.40. The highest BCUT2D eigenvalue weighted by Crippen LogP contribution is 2.40. The van der Waals surface area contributed by atoms with Crippen molar-refractivity contribution in [3.05, 3.63) is 78.0 Å². The summed E-state index contributed by atoms with van der Waals surface area (Å²) in [5.74, 6) is 0.0819. The van der Waals surface area contributed by atoms with Gasteiger partial charge in [0.15, 0.2) is 0 Å². The number of benzene rings is 2. The Morgan fingerprint density at radius 1 is 1.00 bits per heavy atom. The number of ketones is 1. The minimum Gasteiger partial charge on any atom is -0.376 e. The topological polar surface area (TPSA) is 41.1 Å². The van der Waals surface area contributed by atoms with E-state index in [1.165, 1.54) is 0 Å². The maximum absolute atomic E-state index is 13.0. The fraction of sp³-hybridized carbons (Fsp3) is 0.261. The minimum atomic E-state index is -0.199. The molecule has 1 aliphatic heterocycles. The van der Waals surface area contributed by atoms with Crippen LogP contribution in [0.2, 0.25) is 0 Å². The number of fused-ring (bicyclic) bond motifs is 2. The third-order valence-corrected chi connectivity index (χ3v) is 5.04. The first-order chi connectivity index (χ1) is 12.5. The number of nitrogens with one attached hydrogen (secondary N) is 2. The molecule has 0 unspecified atom stereocenters. The Bertz CT molecular complexity index is 880. The van der Waals surface area contributed by atoms with Crippen LogP contribution in [-0.2, 0) is 4.79 Å². The lowest BCUT2D eigenvalue weighted by Gasteiger charge is -2.34. The van der Waals surface area contributed by atoms with E-state index in [4.69, 9.17) is 0 Å². The van der Waals surface area contributed by atoms with Gasteiger partial charge in [-0.2, -0.15) is 0 Å². The van der Waals surface area contributed by atoms with E-state index < -0.39 is 0 Å². The lowest BCUT2D eigenvalue weighted by molar-refractivity contribution is -0.123. The molecular weight excluding hydrogens is 320 g/mol. The SMILES string of the molecule is CC1(C)C=C2Nc3ccccc3N[C@H](/C=C\c3ccccc3)[C@H]2C(=O)C1. The summed E-state index contributed by atoms with van der Waals surface area (Å²) < 4.78 is 0. The van der Waals surface area contributed by atoms with Gasteiger partial charge in [-0.15, -0.1) is 0 Å². The summed E-state index contributed by atoms with van der Waals surface area (Å²) in [6.45, 7) is 4.24. The Balaban J connectivity index is 1.76. The molecule has 0 spiro atoms. The third kappa shape index (κ3) is 3.30. The Morgan fingerprint density at radius 2 is 1.69 bits per heavy atom. The maximum Gasteiger partial charge on any atom is 0.145 e. The van der Waals surface area contributed by atoms with Crippen LogP contribution in [0.5, 0.6) is 0 Å². The molecule has 2 aromatic rings. The number of hydrogen-bond acceptors (Lipinski definition) is 3. The first kappa shape index (κ1) is 16.6. The molecule has 0 saturated carbocycles. The van der Waals surface area contributed by atoms with Crippen LogP contribution in [-0.4, -0.2) is 11.8 Å². The summed E-state index contributed by atoms with van der Waals surface area (Å²) in [4.78, 5) is 13.0. The van der Waals surface area contributed by atoms with Gasteiger partial charge in [-0.05, 0) is 23.1 Å². The molecule has 0 aromatic heterocycles. The first-order valence-electron chi connectivity index (χ1n) is 9.13. The van der Waals surface area contributed by atoms with Crippen LogP contribution in [0.15, 0.2) is 72.4 Å². The molecule has 0 amide bonds. The van der Waals surface area contributed by atoms with Crippen molar-refractivity contribution in [2.45, 2.75) is 26.3 Å². The summed E-state index contributed by atoms with van der Waals surface area (Å²) in [7, 11) is 0. The summed E-state index contributed by atoms with van der Waals surface area (Å²) in [5.41, 5.74) is 4.06. The molecule has 0 bridgehead atoms. The molecule has 0 radical (unpaired) electrons. The monoisotopic (exact) mass is 344 g/mol. The summed E-state index contributed by atoms with van der Waals surface area (Å²) >= 11 is 0. The predicted molar refractivity (Wildman–Crippen MR) is 108 cm³/mol. The Morgan fingerprint density at radius 3 is 2.46 bits per heavy atom. The van der Waals surface area contributed by atoms with E-state index in [-0.39, 0.29) is 23.2 Å². The average Bonchev–Trinajstić information content (AvgIpc) is 2.75. The lowest BCUT2D eigenvalue weighted by Crippen LogP contribution is -2.40. The van der Waals surface area contributed by atoms with Crippen molar-refractivity contribution in [2.75, 3.05) is 10.6 Å². The van der Waals surface area contributed by atoms with Crippen molar-refractivity contribution in [3.8, 4) is 0 Å². The van der Waals surface area contributed by atoms with Crippen LogP contribution in [0.3, 0.4) is 0 Å². The number of carbonyl (C=O) groups is 1. The molecule has 0 saturated heterocycles. The van der Waals surface area contributed by atoms with Crippen LogP contribution in [0.1, 0.15) is 25.8 Å². The van der Waals surface area contributed by atoms with Gasteiger partial charge in [-0.1, -0.05) is 74.5 Å². The van der Waals surface area contributed by atoms with Gasteiger partial charge < -0.3 is 10.6 Å². The van der Waals surface area contributed by atoms with Crippen molar-refractivity contribution < 1.29 is 4.79 Å². The smallest absolute Gasteiger partial charge is 0.145 e. The van der Waals surface area contributed by atoms with Gasteiger partial charge in [-0.3, -0.25) is 4.79 Å². The fourth-order valence-corrected chi connectivity index (χ4v) is 3.88. The molecule has 1 heterocycles. The average molecular weight is 344 g/mol. The number of anilines is 2. The second-order valence-corrected chi connectivity index (χ2v) is 7.82. The van der Waals surface area contributed by atoms with Crippen LogP contribution in [0.4, 0.5) is 11.4 Å². The van der Waals surface area contributed by atoms with E-state index in [0.29, 0.717) is 6.42 Å². The normalized spacial score (nSPS) is 23.9. The van der Waals surface area contributed by atoms with Gasteiger partial charge in [0.2, 0.25) is 0 Å². The second kappa shape index (κ2) is 6.49. The van der Waals surface area contributed by atoms with Gasteiger partial charge in [0.05, 0.1) is 23.3 Å². The van der Waals surface area contributed by atoms with Crippen molar-refractivity contribution >= 4 is 23.2 Å². The minimum absolute atomic E-state index is 0.0822. The van der Waals surface area contributed by atoms with Crippen molar-refractivity contribution in [1.82, 2.24) is 0 Å². The maximum atomic E-state index is 13.0. The van der Waals surface area contributed by atoms with Crippen molar-refractivity contribution in [3.63, 3.8) is 0 Å². The molecule has 3 nitrogen and oxygen atoms in total. The van der Waals surface area contributed by atoms with E-state index in [0.717, 1.165) is 22.6 Å². The van der Waals surface area contributed by atoms with E-state index in [2.05, 4.69) is 67.0 Å². The molecule has 2 atom stereocenters. The van der Waals surface area contributed by atoms with Crippen LogP contribution in [0, 0.1) is 11.3 Å². The number of para-hydroxylation sites is 2. The molecular formula is C23H24N2O. The number of Topliss-reactive ketones (excluding diaryl/α,β-unsaturated/α-hetero) is 1. The second-order valence-electron chi connectivity index (χ2n) is 7.82. The van der Waals surface area contributed by atoms with E-state index in [1.807, 2.05) is 30.3 Å². The van der Waals surface area contributed by atoms with Crippen molar-refractivity contribution in [1.29, 1.82) is 0 Å². The van der Waals surface area contributed by atoms with Crippen molar-refractivity contribution in [2.24, 2.45) is 11.3 Å². The Kier molecular flexibility index (Phi) is 4.15. The van der Waals surface area contributed by atoms with Gasteiger partial charge in [0.1, 0.15) is 5.78 Å². The zero-order valence-electron chi connectivity index (χ0n) is 15.2. The van der Waals surface area contributed by atoms with Gasteiger partial charge >= 0.3 is 0 Å². The molecule has 0 fully saturated rings. The standard InChI is InChI=1S/C23H24N2O/c1-23(2)14-20-22(21(26)15-23)19(13-12-16-8-4-3-5-9-16)24-17-10-6-7-11-18(17)25-20/h3-14,19,22,24-25H,15H2,1-2H3/b13-12-/t19-,22-/m1/s1. The number of carbonyl (C=O) groups excluding carboxylic acids is 1. The number of allylic oxidation sites excluding steroid dienone is 1. The molecule has 2 N–H and O–H groups in total. The number of rotatable bonds is 2. The first-order valence-corrected chi connectivity index (χ1v) is 9.13. The molecule has 3 heteroatoms. The zero-order chi connectivity index (χ0) is 18.1. The lowest BCUT2D eigenvalue weighted by atomic mass is 9.73. The molecule has 2 aromatic carbocycles. The Labute approximate surface area is 154 Å². The largest absolute Gasteiger partial charge is 0.376 e. The van der Waals surface area contributed by atoms with Gasteiger partial charge in [-0.25, -0.2) is 0 Å². The van der Waals surface area contributed by atoms with Gasteiger partial charge in [0.25, 0.3) is 0 Å². The quantitative estimate of drug-likeness (QED) is 0.796. The molecule has 132 valence electrons. The molecule has 4 rings (SSSR count). The van der Waals surface area contributed by atoms with Crippen LogP contribution >= 0.6 is 0 Å². The predicted octanol–water partition coefficient (Wildman–Crippen LogP) is 5.11. The summed E-state index contributed by atoms with van der Waals surface area (Å²) in [5, 5.41) is 7.10. The Hall–Kier alpha value is -2.81. The van der Waals surface area contributed by atoms with Crippen LogP contribution in [0.25, 0.3) is 6.08 Å². The summed E-state index contributed by atoms with van der Waals surface area (Å²) in [6, 6.07) is 18.3. The number of hydrogen-bond donors (Lipinski definition) is 2. The zero-order valence-corrected chi connectivity index (χ0v) is 15.2. The fourth-order valence-electron chi connectivity index (χ4n) is 3.88. The van der Waals surface area contributed by atoms with E-state index in [9.17, 15) is 4.79 Å². The molecule has 26 heavy (non-hydrogen) atoms. The van der Waals surface area contributed by atoms with E-state index in [1.54, 1.807) is 0 Å². The molecule has 2 aliphatic rings. The van der Waals surface area contributed by atoms with E-state index >= 15 is 0 Å². The summed E-state index contributed by atoms with van der Waals surface area (Å²) in [6.07, 6.45) is 7.01. The highest BCUT2D eigenvalue weighted by atomic mass is 16.1. The third-order valence-electron chi connectivity index (χ3n) is 5.04.